The number of aromatic hydroxyl groups is 2. The molecule has 0 bridgehead atoms. The molecule has 1 aromatic heterocycles. The zero-order chi connectivity index (χ0) is 12.7. The molecule has 0 spiro atoms. The minimum absolute atomic E-state index is 0.0983. The van der Waals surface area contributed by atoms with Crippen LogP contribution in [0.25, 0.3) is 21.9 Å². The molecular weight excluding hydrogens is 230 g/mol. The molecule has 0 aliphatic rings. The molecule has 1 heterocycles. The number of nitrogens with one attached hydrogen (secondary N) is 1. The van der Waals surface area contributed by atoms with Crippen LogP contribution in [-0.2, 0) is 0 Å². The fourth-order valence-corrected chi connectivity index (χ4v) is 2.07. The maximum absolute atomic E-state index is 10.0. The lowest BCUT2D eigenvalue weighted by Crippen LogP contribution is -1.89. The molecule has 3 rings (SSSR count). The average Bonchev–Trinajstić information content (AvgIpc) is 2.75. The number of hydrogen-bond acceptors (Lipinski definition) is 4. The van der Waals surface area contributed by atoms with Crippen molar-refractivity contribution in [1.29, 1.82) is 0 Å². The Balaban J connectivity index is 2.43. The minimum atomic E-state index is 0.0983. The normalized spacial score (nSPS) is 10.9. The molecule has 18 heavy (non-hydrogen) atoms. The van der Waals surface area contributed by atoms with Gasteiger partial charge in [0, 0.05) is 11.1 Å². The Morgan fingerprint density at radius 3 is 2.61 bits per heavy atom. The highest BCUT2D eigenvalue weighted by molar-refractivity contribution is 6.02. The van der Waals surface area contributed by atoms with Crippen molar-refractivity contribution in [1.82, 2.24) is 10.2 Å². The predicted octanol–water partition coefficient (Wildman–Crippen LogP) is 2.22. The summed E-state index contributed by atoms with van der Waals surface area (Å²) < 4.78 is 0. The number of nitrogens with zero attached hydrogens (tertiary/aromatic N) is 1. The topological polar surface area (TPSA) is 95.2 Å². The van der Waals surface area contributed by atoms with E-state index in [1.165, 1.54) is 0 Å². The van der Waals surface area contributed by atoms with Crippen LogP contribution in [0.1, 0.15) is 0 Å². The second kappa shape index (κ2) is 3.66. The molecule has 0 radical (unpaired) electrons. The van der Waals surface area contributed by atoms with Crippen molar-refractivity contribution in [3.63, 3.8) is 0 Å². The van der Waals surface area contributed by atoms with Crippen molar-refractivity contribution in [2.45, 2.75) is 0 Å². The van der Waals surface area contributed by atoms with Crippen LogP contribution in [0.3, 0.4) is 0 Å². The molecule has 3 aromatic rings. The first-order chi connectivity index (χ1) is 8.66. The molecule has 0 atom stereocenters. The van der Waals surface area contributed by atoms with Crippen LogP contribution >= 0.6 is 0 Å². The molecule has 0 saturated carbocycles. The van der Waals surface area contributed by atoms with Crippen molar-refractivity contribution >= 4 is 16.6 Å². The molecule has 90 valence electrons. The third-order valence-corrected chi connectivity index (χ3v) is 2.92. The molecule has 5 heteroatoms. The fraction of sp³-hybridized carbons (Fsp3) is 0. The summed E-state index contributed by atoms with van der Waals surface area (Å²) in [6.07, 6.45) is 1.55. The monoisotopic (exact) mass is 241 g/mol. The number of aromatic nitrogens is 2. The van der Waals surface area contributed by atoms with Crippen LogP contribution in [0.4, 0.5) is 5.82 Å². The van der Waals surface area contributed by atoms with Gasteiger partial charge in [-0.3, -0.25) is 5.10 Å². The van der Waals surface area contributed by atoms with Crippen molar-refractivity contribution in [2.24, 2.45) is 0 Å². The summed E-state index contributed by atoms with van der Waals surface area (Å²) in [6, 6.07) is 8.35. The Kier molecular flexibility index (Phi) is 2.13. The second-order valence-corrected chi connectivity index (χ2v) is 4.06. The van der Waals surface area contributed by atoms with Gasteiger partial charge in [0.25, 0.3) is 0 Å². The molecule has 0 aliphatic heterocycles. The Bertz CT molecular complexity index is 729. The van der Waals surface area contributed by atoms with Gasteiger partial charge >= 0.3 is 0 Å². The molecule has 5 nitrogen and oxygen atoms in total. The lowest BCUT2D eigenvalue weighted by molar-refractivity contribution is 0.475. The average molecular weight is 241 g/mol. The van der Waals surface area contributed by atoms with E-state index in [4.69, 9.17) is 5.73 Å². The van der Waals surface area contributed by atoms with Gasteiger partial charge in [-0.1, -0.05) is 12.1 Å². The number of rotatable bonds is 1. The Labute approximate surface area is 102 Å². The van der Waals surface area contributed by atoms with Gasteiger partial charge in [0.1, 0.15) is 17.3 Å². The smallest absolute Gasteiger partial charge is 0.126 e. The maximum Gasteiger partial charge on any atom is 0.126 e. The Morgan fingerprint density at radius 2 is 1.89 bits per heavy atom. The summed E-state index contributed by atoms with van der Waals surface area (Å²) in [5.74, 6) is 0.610. The molecule has 0 unspecified atom stereocenters. The third kappa shape index (κ3) is 1.45. The number of benzene rings is 2. The van der Waals surface area contributed by atoms with E-state index >= 15 is 0 Å². The standard InChI is InChI=1S/C13H11N3O2/c14-13-10(6-15-16-13)12-9-5-8(17)3-1-7(9)2-4-11(12)18/h1-6,17-18H,(H3,14,15,16). The highest BCUT2D eigenvalue weighted by atomic mass is 16.3. The van der Waals surface area contributed by atoms with Gasteiger partial charge in [-0.2, -0.15) is 5.10 Å². The quantitative estimate of drug-likeness (QED) is 0.525. The molecule has 0 fully saturated rings. The number of aromatic amines is 1. The number of nitrogens with two attached hydrogens (primary N) is 1. The maximum atomic E-state index is 10.0. The molecule has 0 amide bonds. The van der Waals surface area contributed by atoms with E-state index in [1.807, 2.05) is 0 Å². The van der Waals surface area contributed by atoms with Crippen LogP contribution < -0.4 is 5.73 Å². The zero-order valence-electron chi connectivity index (χ0n) is 9.38. The SMILES string of the molecule is Nc1[nH]ncc1-c1c(O)ccc2ccc(O)cc12. The molecular formula is C13H11N3O2. The van der Waals surface area contributed by atoms with Crippen molar-refractivity contribution in [3.8, 4) is 22.6 Å². The van der Waals surface area contributed by atoms with Crippen LogP contribution in [0.5, 0.6) is 11.5 Å². The van der Waals surface area contributed by atoms with Crippen LogP contribution in [0.15, 0.2) is 36.5 Å². The zero-order valence-corrected chi connectivity index (χ0v) is 9.38. The van der Waals surface area contributed by atoms with Gasteiger partial charge in [0.2, 0.25) is 0 Å². The van der Waals surface area contributed by atoms with Gasteiger partial charge in [-0.05, 0) is 29.0 Å². The molecule has 0 saturated heterocycles. The largest absolute Gasteiger partial charge is 0.508 e. The second-order valence-electron chi connectivity index (χ2n) is 4.06. The summed E-state index contributed by atoms with van der Waals surface area (Å²) in [7, 11) is 0. The first-order valence-corrected chi connectivity index (χ1v) is 5.41. The van der Waals surface area contributed by atoms with E-state index < -0.39 is 0 Å². The molecule has 0 aliphatic carbocycles. The van der Waals surface area contributed by atoms with E-state index in [0.717, 1.165) is 10.8 Å². The van der Waals surface area contributed by atoms with Crippen LogP contribution in [0.2, 0.25) is 0 Å². The summed E-state index contributed by atoms with van der Waals surface area (Å²) >= 11 is 0. The summed E-state index contributed by atoms with van der Waals surface area (Å²) in [6.45, 7) is 0. The molecule has 2 aromatic carbocycles. The highest BCUT2D eigenvalue weighted by Crippen LogP contribution is 2.39. The van der Waals surface area contributed by atoms with E-state index in [9.17, 15) is 10.2 Å². The third-order valence-electron chi connectivity index (χ3n) is 2.92. The number of nitrogen functional groups attached to an aromatic ring is 1. The van der Waals surface area contributed by atoms with Crippen molar-refractivity contribution < 1.29 is 10.2 Å². The Morgan fingerprint density at radius 1 is 1.11 bits per heavy atom. The van der Waals surface area contributed by atoms with Gasteiger partial charge in [0.15, 0.2) is 0 Å². The van der Waals surface area contributed by atoms with Crippen molar-refractivity contribution in [2.75, 3.05) is 5.73 Å². The predicted molar refractivity (Wildman–Crippen MR) is 69.3 cm³/mol. The first-order valence-electron chi connectivity index (χ1n) is 5.41. The van der Waals surface area contributed by atoms with Crippen LogP contribution in [-0.4, -0.2) is 20.4 Å². The minimum Gasteiger partial charge on any atom is -0.508 e. The fourth-order valence-electron chi connectivity index (χ4n) is 2.07. The van der Waals surface area contributed by atoms with Crippen LogP contribution in [0, 0.1) is 0 Å². The highest BCUT2D eigenvalue weighted by Gasteiger charge is 2.14. The number of fused-ring (bicyclic) bond motifs is 1. The first kappa shape index (κ1) is 10.5. The number of H-pyrrole nitrogens is 1. The van der Waals surface area contributed by atoms with Gasteiger partial charge in [-0.25, -0.2) is 0 Å². The summed E-state index contributed by atoms with van der Waals surface area (Å²) in [5.41, 5.74) is 6.96. The van der Waals surface area contributed by atoms with Gasteiger partial charge < -0.3 is 15.9 Å². The Hall–Kier alpha value is -2.69. The lowest BCUT2D eigenvalue weighted by Gasteiger charge is -2.08. The molecule has 5 N–H and O–H groups in total. The van der Waals surface area contributed by atoms with E-state index in [0.29, 0.717) is 16.9 Å². The summed E-state index contributed by atoms with van der Waals surface area (Å²) in [5, 5.41) is 27.7. The number of phenolic OH excluding ortho intramolecular Hbond substituents is 2. The number of phenols is 2. The van der Waals surface area contributed by atoms with Crippen molar-refractivity contribution in [3.05, 3.63) is 36.5 Å². The van der Waals surface area contributed by atoms with E-state index in [1.54, 1.807) is 36.5 Å². The van der Waals surface area contributed by atoms with Gasteiger partial charge in [0.05, 0.1) is 6.20 Å². The van der Waals surface area contributed by atoms with E-state index in [-0.39, 0.29) is 11.5 Å². The number of hydrogen-bond donors (Lipinski definition) is 4. The summed E-state index contributed by atoms with van der Waals surface area (Å²) in [4.78, 5) is 0. The number of anilines is 1. The van der Waals surface area contributed by atoms with Gasteiger partial charge in [-0.15, -0.1) is 0 Å². The van der Waals surface area contributed by atoms with E-state index in [2.05, 4.69) is 10.2 Å². The lowest BCUT2D eigenvalue weighted by atomic mass is 9.98.